The van der Waals surface area contributed by atoms with Crippen LogP contribution in [-0.2, 0) is 4.79 Å². The summed E-state index contributed by atoms with van der Waals surface area (Å²) < 4.78 is 0. The molecule has 1 aliphatic rings. The van der Waals surface area contributed by atoms with Crippen LogP contribution >= 0.6 is 11.6 Å². The summed E-state index contributed by atoms with van der Waals surface area (Å²) in [6.07, 6.45) is 2.08. The maximum Gasteiger partial charge on any atom is 0.242 e. The molecule has 1 atom stereocenters. The van der Waals surface area contributed by atoms with Crippen molar-refractivity contribution >= 4 is 23.3 Å². The van der Waals surface area contributed by atoms with Crippen LogP contribution in [0.4, 0.5) is 0 Å². The Morgan fingerprint density at radius 2 is 2.07 bits per heavy atom. The maximum atomic E-state index is 12.8. The van der Waals surface area contributed by atoms with Crippen LogP contribution in [0.15, 0.2) is 42.1 Å². The Hall–Kier alpha value is -3.04. The smallest absolute Gasteiger partial charge is 0.242 e. The number of aromatic nitrogens is 1. The van der Waals surface area contributed by atoms with Crippen LogP contribution in [0, 0.1) is 18.3 Å². The zero-order valence-corrected chi connectivity index (χ0v) is 15.8. The van der Waals surface area contributed by atoms with Gasteiger partial charge in [-0.25, -0.2) is 0 Å². The molecule has 0 aliphatic carbocycles. The van der Waals surface area contributed by atoms with Crippen LogP contribution in [0.3, 0.4) is 0 Å². The lowest BCUT2D eigenvalue weighted by molar-refractivity contribution is -0.125. The number of hydrogen-bond donors (Lipinski definition) is 2. The molecular formula is C20H19ClN4O2. The number of halogens is 1. The molecule has 0 spiro atoms. The number of nitrogens with zero attached hydrogens (tertiary/aromatic N) is 2. The lowest BCUT2D eigenvalue weighted by Gasteiger charge is -2.31. The van der Waals surface area contributed by atoms with E-state index < -0.39 is 0 Å². The van der Waals surface area contributed by atoms with Crippen molar-refractivity contribution in [3.05, 3.63) is 69.6 Å². The zero-order chi connectivity index (χ0) is 19.6. The van der Waals surface area contributed by atoms with Crippen molar-refractivity contribution in [3.8, 4) is 6.07 Å². The van der Waals surface area contributed by atoms with E-state index in [-0.39, 0.29) is 30.6 Å². The number of hydrazine groups is 1. The van der Waals surface area contributed by atoms with E-state index in [1.165, 1.54) is 0 Å². The lowest BCUT2D eigenvalue weighted by atomic mass is 10.0. The van der Waals surface area contributed by atoms with Gasteiger partial charge >= 0.3 is 0 Å². The normalized spacial score (nSPS) is 15.0. The van der Waals surface area contributed by atoms with Crippen LogP contribution in [-0.4, -0.2) is 28.2 Å². The minimum absolute atomic E-state index is 0.0537. The van der Waals surface area contributed by atoms with Gasteiger partial charge in [0.25, 0.3) is 0 Å². The van der Waals surface area contributed by atoms with E-state index in [1.807, 2.05) is 26.0 Å². The molecule has 0 saturated heterocycles. The molecule has 0 bridgehead atoms. The summed E-state index contributed by atoms with van der Waals surface area (Å²) in [5.74, 6) is -0.380. The molecule has 2 N–H and O–H groups in total. The third-order valence-corrected chi connectivity index (χ3v) is 4.83. The topological polar surface area (TPSA) is 89.0 Å². The highest BCUT2D eigenvalue weighted by molar-refractivity contribution is 6.30. The molecule has 138 valence electrons. The molecule has 1 unspecified atom stereocenters. The molecule has 27 heavy (non-hydrogen) atoms. The molecule has 1 amide bonds. The van der Waals surface area contributed by atoms with E-state index in [0.717, 1.165) is 17.0 Å². The number of nitrogens with one attached hydrogen (secondary N) is 2. The van der Waals surface area contributed by atoms with Crippen molar-refractivity contribution in [2.75, 3.05) is 6.54 Å². The summed E-state index contributed by atoms with van der Waals surface area (Å²) >= 11 is 5.89. The average Bonchev–Trinajstić information content (AvgIpc) is 3.03. The van der Waals surface area contributed by atoms with Crippen molar-refractivity contribution in [1.29, 1.82) is 5.26 Å². The van der Waals surface area contributed by atoms with Gasteiger partial charge < -0.3 is 4.98 Å². The fourth-order valence-corrected chi connectivity index (χ4v) is 3.26. The van der Waals surface area contributed by atoms with Crippen LogP contribution in [0.2, 0.25) is 5.02 Å². The Labute approximate surface area is 162 Å². The number of rotatable bonds is 5. The first-order valence-electron chi connectivity index (χ1n) is 8.54. The van der Waals surface area contributed by atoms with Gasteiger partial charge in [-0.15, -0.1) is 0 Å². The predicted molar refractivity (Wildman–Crippen MR) is 102 cm³/mol. The second-order valence-electron chi connectivity index (χ2n) is 6.45. The number of aryl methyl sites for hydroxylation is 1. The molecule has 0 fully saturated rings. The fraction of sp³-hybridized carbons (Fsp3) is 0.250. The summed E-state index contributed by atoms with van der Waals surface area (Å²) in [4.78, 5) is 27.6. The van der Waals surface area contributed by atoms with E-state index in [9.17, 15) is 9.59 Å². The SMILES string of the molecule is Cc1cc(C(C)C2=CCC(=O)NN2CC#N)[nH]c1C(=O)c1ccc(Cl)cc1. The monoisotopic (exact) mass is 382 g/mol. The number of nitriles is 1. The minimum Gasteiger partial charge on any atom is -0.355 e. The lowest BCUT2D eigenvalue weighted by Crippen LogP contribution is -2.45. The molecule has 7 heteroatoms. The van der Waals surface area contributed by atoms with Crippen LogP contribution in [0.5, 0.6) is 0 Å². The highest BCUT2D eigenvalue weighted by Crippen LogP contribution is 2.29. The van der Waals surface area contributed by atoms with E-state index in [0.29, 0.717) is 16.3 Å². The van der Waals surface area contributed by atoms with Gasteiger partial charge in [-0.3, -0.25) is 20.0 Å². The number of carbonyl (C=O) groups excluding carboxylic acids is 2. The van der Waals surface area contributed by atoms with Crippen LogP contribution < -0.4 is 5.43 Å². The Morgan fingerprint density at radius 1 is 1.37 bits per heavy atom. The molecule has 2 heterocycles. The number of allylic oxidation sites excluding steroid dienone is 1. The van der Waals surface area contributed by atoms with Gasteiger partial charge in [0.1, 0.15) is 6.54 Å². The molecule has 3 rings (SSSR count). The molecular weight excluding hydrogens is 364 g/mol. The van der Waals surface area contributed by atoms with Crippen molar-refractivity contribution < 1.29 is 9.59 Å². The van der Waals surface area contributed by atoms with E-state index in [2.05, 4.69) is 16.5 Å². The van der Waals surface area contributed by atoms with Crippen LogP contribution in [0.1, 0.15) is 46.6 Å². The molecule has 6 nitrogen and oxygen atoms in total. The maximum absolute atomic E-state index is 12.8. The quantitative estimate of drug-likeness (QED) is 0.612. The van der Waals surface area contributed by atoms with Crippen molar-refractivity contribution in [3.63, 3.8) is 0 Å². The van der Waals surface area contributed by atoms with Crippen molar-refractivity contribution in [2.45, 2.75) is 26.2 Å². The second kappa shape index (κ2) is 7.68. The molecule has 2 aromatic rings. The third-order valence-electron chi connectivity index (χ3n) is 4.58. The van der Waals surface area contributed by atoms with Gasteiger partial charge in [0.05, 0.1) is 11.8 Å². The standard InChI is InChI=1S/C20H19ClN4O2/c1-12-11-16(13(2)17-7-8-18(26)24-25(17)10-9-22)23-19(12)20(27)14-3-5-15(21)6-4-14/h3-7,11,13,23H,8,10H2,1-2H3,(H,24,26). The summed E-state index contributed by atoms with van der Waals surface area (Å²) in [5, 5.41) is 11.1. The highest BCUT2D eigenvalue weighted by atomic mass is 35.5. The number of ketones is 1. The average molecular weight is 383 g/mol. The Bertz CT molecular complexity index is 953. The molecule has 1 aromatic carbocycles. The summed E-state index contributed by atoms with van der Waals surface area (Å²) in [6, 6.07) is 10.7. The largest absolute Gasteiger partial charge is 0.355 e. The third kappa shape index (κ3) is 3.88. The summed E-state index contributed by atoms with van der Waals surface area (Å²) in [5.41, 5.74) is 6.28. The van der Waals surface area contributed by atoms with Crippen molar-refractivity contribution in [2.24, 2.45) is 0 Å². The first-order chi connectivity index (χ1) is 12.9. The predicted octanol–water partition coefficient (Wildman–Crippen LogP) is 3.46. The Morgan fingerprint density at radius 3 is 2.74 bits per heavy atom. The first-order valence-corrected chi connectivity index (χ1v) is 8.92. The molecule has 0 saturated carbocycles. The number of amides is 1. The summed E-state index contributed by atoms with van der Waals surface area (Å²) in [6.45, 7) is 3.90. The molecule has 1 aliphatic heterocycles. The molecule has 0 radical (unpaired) electrons. The second-order valence-corrected chi connectivity index (χ2v) is 6.89. The van der Waals surface area contributed by atoms with Gasteiger partial charge in [-0.2, -0.15) is 5.26 Å². The summed E-state index contributed by atoms with van der Waals surface area (Å²) in [7, 11) is 0. The Kier molecular flexibility index (Phi) is 5.33. The van der Waals surface area contributed by atoms with Crippen molar-refractivity contribution in [1.82, 2.24) is 15.4 Å². The van der Waals surface area contributed by atoms with Gasteiger partial charge in [0.15, 0.2) is 0 Å². The molecule has 1 aromatic heterocycles. The van der Waals surface area contributed by atoms with E-state index in [4.69, 9.17) is 16.9 Å². The van der Waals surface area contributed by atoms with Gasteiger partial charge in [-0.1, -0.05) is 24.6 Å². The van der Waals surface area contributed by atoms with Gasteiger partial charge in [0.2, 0.25) is 11.7 Å². The Balaban J connectivity index is 1.89. The number of benzene rings is 1. The number of H-pyrrole nitrogens is 1. The zero-order valence-electron chi connectivity index (χ0n) is 15.0. The van der Waals surface area contributed by atoms with Gasteiger partial charge in [-0.05, 0) is 42.8 Å². The van der Waals surface area contributed by atoms with E-state index in [1.54, 1.807) is 29.3 Å². The van der Waals surface area contributed by atoms with Gasteiger partial charge in [0, 0.05) is 34.3 Å². The number of hydrogen-bond acceptors (Lipinski definition) is 4. The number of carbonyl (C=O) groups is 2. The number of aromatic amines is 1. The van der Waals surface area contributed by atoms with Crippen LogP contribution in [0.25, 0.3) is 0 Å². The van der Waals surface area contributed by atoms with E-state index >= 15 is 0 Å². The fourth-order valence-electron chi connectivity index (χ4n) is 3.14. The highest BCUT2D eigenvalue weighted by Gasteiger charge is 2.25. The first kappa shape index (κ1) is 18.7. The minimum atomic E-state index is -0.150.